The lowest BCUT2D eigenvalue weighted by Crippen LogP contribution is -2.43. The second-order valence-corrected chi connectivity index (χ2v) is 7.13. The van der Waals surface area contributed by atoms with Crippen molar-refractivity contribution in [3.63, 3.8) is 0 Å². The van der Waals surface area contributed by atoms with E-state index in [1.807, 2.05) is 33.8 Å². The summed E-state index contributed by atoms with van der Waals surface area (Å²) in [6.07, 6.45) is 1.43. The van der Waals surface area contributed by atoms with Gasteiger partial charge in [0.05, 0.1) is 5.69 Å². The van der Waals surface area contributed by atoms with Crippen molar-refractivity contribution in [1.82, 2.24) is 20.3 Å². The fourth-order valence-corrected chi connectivity index (χ4v) is 3.81. The molecule has 0 spiro atoms. The predicted octanol–water partition coefficient (Wildman–Crippen LogP) is 2.21. The van der Waals surface area contributed by atoms with E-state index in [4.69, 9.17) is 9.26 Å². The minimum absolute atomic E-state index is 0.276. The highest BCUT2D eigenvalue weighted by Gasteiger charge is 2.76. The molecule has 7 nitrogen and oxygen atoms in total. The molecule has 1 saturated heterocycles. The Hall–Kier alpha value is -2.31. The molecule has 2 aliphatic rings. The SMILES string of the molecule is Cc1ccc(-c2noc([C@@]34CC[C@@](C)(OC3=O)C4(C)C)n2)nn1. The molecule has 2 aromatic rings. The molecule has 120 valence electrons. The van der Waals surface area contributed by atoms with Crippen LogP contribution in [-0.2, 0) is 14.9 Å². The summed E-state index contributed by atoms with van der Waals surface area (Å²) in [6, 6.07) is 3.61. The van der Waals surface area contributed by atoms with E-state index in [0.29, 0.717) is 23.8 Å². The molecule has 23 heavy (non-hydrogen) atoms. The maximum absolute atomic E-state index is 12.6. The molecule has 1 aliphatic heterocycles. The van der Waals surface area contributed by atoms with Crippen molar-refractivity contribution in [3.8, 4) is 11.5 Å². The summed E-state index contributed by atoms with van der Waals surface area (Å²) < 4.78 is 11.1. The summed E-state index contributed by atoms with van der Waals surface area (Å²) in [7, 11) is 0. The van der Waals surface area contributed by atoms with Gasteiger partial charge in [0.15, 0.2) is 5.41 Å². The average molecular weight is 314 g/mol. The highest BCUT2D eigenvalue weighted by molar-refractivity contribution is 5.87. The average Bonchev–Trinajstić information content (AvgIpc) is 3.08. The molecule has 0 unspecified atom stereocenters. The van der Waals surface area contributed by atoms with Gasteiger partial charge in [0, 0.05) is 5.41 Å². The Labute approximate surface area is 133 Å². The smallest absolute Gasteiger partial charge is 0.322 e. The molecule has 0 radical (unpaired) electrons. The molecule has 3 heterocycles. The number of rotatable bonds is 2. The van der Waals surface area contributed by atoms with Gasteiger partial charge < -0.3 is 9.26 Å². The molecule has 2 aromatic heterocycles. The minimum atomic E-state index is -0.884. The summed E-state index contributed by atoms with van der Waals surface area (Å²) in [6.45, 7) is 7.89. The summed E-state index contributed by atoms with van der Waals surface area (Å²) in [4.78, 5) is 17.0. The Kier molecular flexibility index (Phi) is 2.58. The van der Waals surface area contributed by atoms with Gasteiger partial charge in [-0.2, -0.15) is 10.1 Å². The van der Waals surface area contributed by atoms with Crippen LogP contribution in [0.5, 0.6) is 0 Å². The first-order valence-electron chi connectivity index (χ1n) is 7.68. The van der Waals surface area contributed by atoms with E-state index in [2.05, 4.69) is 20.3 Å². The van der Waals surface area contributed by atoms with Gasteiger partial charge in [-0.05, 0) is 38.8 Å². The molecule has 2 atom stereocenters. The number of carbonyl (C=O) groups is 1. The quantitative estimate of drug-likeness (QED) is 0.785. The summed E-state index contributed by atoms with van der Waals surface area (Å²) in [5.74, 6) is 0.374. The lowest BCUT2D eigenvalue weighted by molar-refractivity contribution is -0.156. The Morgan fingerprint density at radius 2 is 1.91 bits per heavy atom. The van der Waals surface area contributed by atoms with Gasteiger partial charge in [0.1, 0.15) is 11.3 Å². The summed E-state index contributed by atoms with van der Waals surface area (Å²) in [5, 5.41) is 12.1. The van der Waals surface area contributed by atoms with Crippen LogP contribution in [0.15, 0.2) is 16.7 Å². The number of hydrogen-bond acceptors (Lipinski definition) is 7. The number of esters is 1. The first-order chi connectivity index (χ1) is 10.8. The molecule has 0 amide bonds. The van der Waals surface area contributed by atoms with E-state index in [0.717, 1.165) is 12.1 Å². The highest BCUT2D eigenvalue weighted by Crippen LogP contribution is 2.65. The van der Waals surface area contributed by atoms with Crippen molar-refractivity contribution in [3.05, 3.63) is 23.7 Å². The molecule has 4 rings (SSSR count). The Morgan fingerprint density at radius 3 is 2.48 bits per heavy atom. The van der Waals surface area contributed by atoms with Gasteiger partial charge in [0.25, 0.3) is 0 Å². The van der Waals surface area contributed by atoms with Gasteiger partial charge in [0.2, 0.25) is 11.7 Å². The van der Waals surface area contributed by atoms with E-state index in [1.165, 1.54) is 0 Å². The third-order valence-corrected chi connectivity index (χ3v) is 5.85. The van der Waals surface area contributed by atoms with Crippen LogP contribution in [-0.4, -0.2) is 31.9 Å². The maximum Gasteiger partial charge on any atom is 0.322 e. The monoisotopic (exact) mass is 314 g/mol. The van der Waals surface area contributed by atoms with E-state index in [1.54, 1.807) is 6.07 Å². The van der Waals surface area contributed by atoms with Crippen LogP contribution in [0.1, 0.15) is 45.2 Å². The third-order valence-electron chi connectivity index (χ3n) is 5.85. The molecule has 1 saturated carbocycles. The Morgan fingerprint density at radius 1 is 1.13 bits per heavy atom. The van der Waals surface area contributed by atoms with Crippen LogP contribution < -0.4 is 0 Å². The van der Waals surface area contributed by atoms with Crippen molar-refractivity contribution in [1.29, 1.82) is 0 Å². The molecule has 2 fully saturated rings. The third kappa shape index (κ3) is 1.57. The van der Waals surface area contributed by atoms with Crippen LogP contribution in [0.3, 0.4) is 0 Å². The standard InChI is InChI=1S/C16H18N4O3/c1-9-5-6-10(19-18-9)11-17-12(23-20-11)16-8-7-15(4,14(16,2)3)22-13(16)21/h5-6H,7-8H2,1-4H3/t15-,16+/m1/s1. The van der Waals surface area contributed by atoms with E-state index in [9.17, 15) is 4.79 Å². The normalized spacial score (nSPS) is 31.4. The number of ether oxygens (including phenoxy) is 1. The number of fused-ring (bicyclic) bond motifs is 2. The molecule has 0 aromatic carbocycles. The Balaban J connectivity index is 1.80. The fraction of sp³-hybridized carbons (Fsp3) is 0.562. The number of carbonyl (C=O) groups excluding carboxylic acids is 1. The van der Waals surface area contributed by atoms with Crippen LogP contribution in [0.2, 0.25) is 0 Å². The van der Waals surface area contributed by atoms with Crippen molar-refractivity contribution in [2.75, 3.05) is 0 Å². The van der Waals surface area contributed by atoms with E-state index >= 15 is 0 Å². The number of hydrogen-bond donors (Lipinski definition) is 0. The van der Waals surface area contributed by atoms with Gasteiger partial charge in [-0.25, -0.2) is 0 Å². The molecule has 1 aliphatic carbocycles. The van der Waals surface area contributed by atoms with E-state index < -0.39 is 16.4 Å². The van der Waals surface area contributed by atoms with Crippen LogP contribution in [0.4, 0.5) is 0 Å². The van der Waals surface area contributed by atoms with Crippen LogP contribution >= 0.6 is 0 Å². The van der Waals surface area contributed by atoms with Gasteiger partial charge >= 0.3 is 5.97 Å². The van der Waals surface area contributed by atoms with Crippen LogP contribution in [0, 0.1) is 12.3 Å². The van der Waals surface area contributed by atoms with Gasteiger partial charge in [-0.3, -0.25) is 4.79 Å². The highest BCUT2D eigenvalue weighted by atomic mass is 16.6. The van der Waals surface area contributed by atoms with Crippen molar-refractivity contribution in [2.24, 2.45) is 5.41 Å². The zero-order valence-corrected chi connectivity index (χ0v) is 13.6. The zero-order valence-electron chi connectivity index (χ0n) is 13.6. The molecular formula is C16H18N4O3. The number of nitrogens with zero attached hydrogens (tertiary/aromatic N) is 4. The first-order valence-corrected chi connectivity index (χ1v) is 7.68. The second-order valence-electron chi connectivity index (χ2n) is 7.13. The molecule has 2 bridgehead atoms. The maximum atomic E-state index is 12.6. The largest absolute Gasteiger partial charge is 0.458 e. The number of aromatic nitrogens is 4. The molecule has 0 N–H and O–H groups in total. The summed E-state index contributed by atoms with van der Waals surface area (Å²) >= 11 is 0. The zero-order chi connectivity index (χ0) is 16.5. The van der Waals surface area contributed by atoms with Gasteiger partial charge in [-0.1, -0.05) is 19.0 Å². The van der Waals surface area contributed by atoms with Crippen molar-refractivity contribution < 1.29 is 14.1 Å². The second kappa shape index (κ2) is 4.15. The molecular weight excluding hydrogens is 296 g/mol. The number of aryl methyl sites for hydroxylation is 1. The lowest BCUT2D eigenvalue weighted by Gasteiger charge is -2.33. The fourth-order valence-electron chi connectivity index (χ4n) is 3.81. The lowest BCUT2D eigenvalue weighted by atomic mass is 9.65. The molecule has 7 heteroatoms. The van der Waals surface area contributed by atoms with Crippen LogP contribution in [0.25, 0.3) is 11.5 Å². The summed E-state index contributed by atoms with van der Waals surface area (Å²) in [5.41, 5.74) is -0.470. The topological polar surface area (TPSA) is 91.0 Å². The van der Waals surface area contributed by atoms with Crippen molar-refractivity contribution in [2.45, 2.75) is 51.6 Å². The van der Waals surface area contributed by atoms with Gasteiger partial charge in [-0.15, -0.1) is 5.10 Å². The van der Waals surface area contributed by atoms with Crippen molar-refractivity contribution >= 4 is 5.97 Å². The minimum Gasteiger partial charge on any atom is -0.458 e. The predicted molar refractivity (Wildman–Crippen MR) is 79.3 cm³/mol. The Bertz CT molecular complexity index is 798. The van der Waals surface area contributed by atoms with E-state index in [-0.39, 0.29) is 5.97 Å². The first kappa shape index (κ1) is 14.3.